The van der Waals surface area contributed by atoms with Gasteiger partial charge in [0.05, 0.1) is 32.5 Å². The van der Waals surface area contributed by atoms with E-state index in [1.165, 1.54) is 10.9 Å². The predicted octanol–water partition coefficient (Wildman–Crippen LogP) is 6.56. The lowest BCUT2D eigenvalue weighted by molar-refractivity contribution is -0.137. The van der Waals surface area contributed by atoms with Crippen LogP contribution in [0.2, 0.25) is 10.0 Å². The summed E-state index contributed by atoms with van der Waals surface area (Å²) in [7, 11) is 1.70. The van der Waals surface area contributed by atoms with Gasteiger partial charge in [-0.15, -0.1) is 0 Å². The number of nitrogens with zero attached hydrogens (tertiary/aromatic N) is 3. The van der Waals surface area contributed by atoms with Crippen molar-refractivity contribution in [3.8, 4) is 0 Å². The minimum Gasteiger partial charge on any atom is -0.296 e. The summed E-state index contributed by atoms with van der Waals surface area (Å²) in [5.74, 6) is -1.01. The fourth-order valence-electron chi connectivity index (χ4n) is 3.99. The molecular weight excluding hydrogens is 503 g/mol. The molecule has 2 heterocycles. The van der Waals surface area contributed by atoms with Gasteiger partial charge in [-0.2, -0.15) is 18.3 Å². The topological polar surface area (TPSA) is 42.7 Å². The first-order valence-corrected chi connectivity index (χ1v) is 11.3. The summed E-state index contributed by atoms with van der Waals surface area (Å²) in [4.78, 5) is 4.43. The van der Waals surface area contributed by atoms with Gasteiger partial charge in [-0.25, -0.2) is 4.39 Å². The van der Waals surface area contributed by atoms with E-state index in [0.29, 0.717) is 27.5 Å². The molecule has 10 heteroatoms. The van der Waals surface area contributed by atoms with Crippen LogP contribution in [0, 0.1) is 5.82 Å². The predicted molar refractivity (Wildman–Crippen MR) is 127 cm³/mol. The normalized spacial score (nSPS) is 13.6. The Kier molecular flexibility index (Phi) is 7.17. The van der Waals surface area contributed by atoms with Crippen LogP contribution in [0.25, 0.3) is 0 Å². The minimum atomic E-state index is -4.74. The molecule has 0 aliphatic carbocycles. The van der Waals surface area contributed by atoms with Gasteiger partial charge in [0.15, 0.2) is 0 Å². The van der Waals surface area contributed by atoms with Crippen molar-refractivity contribution in [2.75, 3.05) is 0 Å². The van der Waals surface area contributed by atoms with E-state index in [1.54, 1.807) is 25.4 Å². The summed E-state index contributed by atoms with van der Waals surface area (Å²) in [6.45, 7) is 0.0781. The Morgan fingerprint density at radius 3 is 2.29 bits per heavy atom. The Labute approximate surface area is 209 Å². The van der Waals surface area contributed by atoms with E-state index in [-0.39, 0.29) is 18.5 Å². The fourth-order valence-corrected chi connectivity index (χ4v) is 4.34. The van der Waals surface area contributed by atoms with Crippen LogP contribution in [-0.4, -0.2) is 14.8 Å². The van der Waals surface area contributed by atoms with Crippen LogP contribution in [0.1, 0.15) is 28.1 Å². The summed E-state index contributed by atoms with van der Waals surface area (Å²) >= 11 is 12.3. The summed E-state index contributed by atoms with van der Waals surface area (Å²) < 4.78 is 57.2. The highest BCUT2D eigenvalue weighted by molar-refractivity contribution is 6.31. The molecule has 1 unspecified atom stereocenters. The van der Waals surface area contributed by atoms with Gasteiger partial charge in [-0.1, -0.05) is 53.5 Å². The Bertz CT molecular complexity index is 1310. The summed E-state index contributed by atoms with van der Waals surface area (Å²) in [5, 5.41) is 8.37. The van der Waals surface area contributed by atoms with Gasteiger partial charge in [0.25, 0.3) is 0 Å². The number of hydrogen-bond acceptors (Lipinski definition) is 3. The third-order valence-electron chi connectivity index (χ3n) is 5.61. The van der Waals surface area contributed by atoms with Gasteiger partial charge < -0.3 is 0 Å². The Hall–Kier alpha value is -2.94. The minimum absolute atomic E-state index is 0.0514. The number of halogens is 6. The van der Waals surface area contributed by atoms with Crippen LogP contribution >= 0.6 is 23.2 Å². The maximum atomic E-state index is 14.6. The lowest BCUT2D eigenvalue weighted by Gasteiger charge is -2.36. The van der Waals surface area contributed by atoms with E-state index in [2.05, 4.69) is 15.4 Å². The van der Waals surface area contributed by atoms with Gasteiger partial charge in [-0.05, 0) is 41.5 Å². The first-order chi connectivity index (χ1) is 16.6. The number of hydrogen-bond donors (Lipinski definition) is 1. The molecule has 0 bridgehead atoms. The Morgan fingerprint density at radius 2 is 1.69 bits per heavy atom. The van der Waals surface area contributed by atoms with E-state index < -0.39 is 23.1 Å². The third-order valence-corrected chi connectivity index (χ3v) is 6.15. The average Bonchev–Trinajstić information content (AvgIpc) is 3.13. The van der Waals surface area contributed by atoms with Crippen molar-refractivity contribution in [3.05, 3.63) is 117 Å². The molecule has 0 spiro atoms. The lowest BCUT2D eigenvalue weighted by atomic mass is 9.79. The molecule has 0 aliphatic rings. The Morgan fingerprint density at radius 1 is 0.971 bits per heavy atom. The highest BCUT2D eigenvalue weighted by atomic mass is 35.5. The molecule has 1 N–H and O–H groups in total. The molecule has 0 saturated heterocycles. The summed E-state index contributed by atoms with van der Waals surface area (Å²) in [6, 6.07) is 14.8. The number of alkyl halides is 3. The second-order valence-corrected chi connectivity index (χ2v) is 8.95. The molecule has 182 valence electrons. The molecule has 2 aromatic carbocycles. The van der Waals surface area contributed by atoms with Crippen LogP contribution in [0.3, 0.4) is 0 Å². The van der Waals surface area contributed by atoms with Gasteiger partial charge in [0.1, 0.15) is 5.82 Å². The highest BCUT2D eigenvalue weighted by Gasteiger charge is 2.39. The number of benzene rings is 2. The number of pyridine rings is 1. The third kappa shape index (κ3) is 5.66. The van der Waals surface area contributed by atoms with Crippen molar-refractivity contribution in [2.24, 2.45) is 7.05 Å². The van der Waals surface area contributed by atoms with Gasteiger partial charge in [0, 0.05) is 32.4 Å². The van der Waals surface area contributed by atoms with Crippen LogP contribution < -0.4 is 5.32 Å². The monoisotopic (exact) mass is 522 g/mol. The van der Waals surface area contributed by atoms with Gasteiger partial charge in [-0.3, -0.25) is 15.0 Å². The second-order valence-electron chi connectivity index (χ2n) is 8.11. The van der Waals surface area contributed by atoms with E-state index in [1.807, 2.05) is 30.3 Å². The molecular formula is C25H20Cl2F4N4. The number of nitrogens with one attached hydrogen (secondary N) is 1. The zero-order chi connectivity index (χ0) is 25.2. The van der Waals surface area contributed by atoms with Gasteiger partial charge >= 0.3 is 6.18 Å². The molecule has 0 amide bonds. The van der Waals surface area contributed by atoms with Crippen molar-refractivity contribution in [2.45, 2.75) is 24.7 Å². The number of aryl methyl sites for hydroxylation is 1. The van der Waals surface area contributed by atoms with Crippen LogP contribution in [0.4, 0.5) is 17.6 Å². The van der Waals surface area contributed by atoms with E-state index in [4.69, 9.17) is 23.2 Å². The highest BCUT2D eigenvalue weighted by Crippen LogP contribution is 2.38. The van der Waals surface area contributed by atoms with Crippen molar-refractivity contribution in [1.82, 2.24) is 20.1 Å². The molecule has 4 nitrogen and oxygen atoms in total. The second kappa shape index (κ2) is 9.97. The molecule has 0 aliphatic heterocycles. The number of rotatable bonds is 7. The van der Waals surface area contributed by atoms with Crippen molar-refractivity contribution < 1.29 is 17.6 Å². The van der Waals surface area contributed by atoms with Crippen molar-refractivity contribution >= 4 is 23.2 Å². The lowest BCUT2D eigenvalue weighted by Crippen LogP contribution is -2.46. The van der Waals surface area contributed by atoms with E-state index >= 15 is 0 Å². The molecule has 1 atom stereocenters. The fraction of sp³-hybridized carbons (Fsp3) is 0.200. The summed E-state index contributed by atoms with van der Waals surface area (Å²) in [6.07, 6.45) is -1.57. The first kappa shape index (κ1) is 25.2. The smallest absolute Gasteiger partial charge is 0.296 e. The number of aromatic nitrogens is 3. The van der Waals surface area contributed by atoms with Crippen molar-refractivity contribution in [3.63, 3.8) is 0 Å². The molecule has 4 rings (SSSR count). The molecule has 35 heavy (non-hydrogen) atoms. The molecule has 2 aromatic heterocycles. The Balaban J connectivity index is 1.94. The standard InChI is InChI=1S/C25H20Cl2F4N4/c1-35-15-21(27)22(34-35)14-33-24(12-16-5-3-2-4-6-16,23-8-7-19(26)13-32-23)17-9-18(25(29,30)31)11-20(28)10-17/h2-11,13,15,33H,12,14H2,1H3. The molecule has 0 fully saturated rings. The van der Waals surface area contributed by atoms with Gasteiger partial charge in [0.2, 0.25) is 0 Å². The maximum absolute atomic E-state index is 14.6. The largest absolute Gasteiger partial charge is 0.416 e. The SMILES string of the molecule is Cn1cc(Cl)c(CNC(Cc2ccccc2)(c2cc(F)cc(C(F)(F)F)c2)c2ccc(Cl)cn2)n1. The molecule has 0 saturated carbocycles. The van der Waals surface area contributed by atoms with Crippen LogP contribution in [0.5, 0.6) is 0 Å². The van der Waals surface area contributed by atoms with Crippen LogP contribution in [-0.2, 0) is 31.7 Å². The van der Waals surface area contributed by atoms with Crippen molar-refractivity contribution in [1.29, 1.82) is 0 Å². The zero-order valence-electron chi connectivity index (χ0n) is 18.5. The van der Waals surface area contributed by atoms with Crippen LogP contribution in [0.15, 0.2) is 73.1 Å². The average molecular weight is 523 g/mol. The maximum Gasteiger partial charge on any atom is 0.416 e. The molecule has 4 aromatic rings. The summed E-state index contributed by atoms with van der Waals surface area (Å²) in [5.41, 5.74) is -0.798. The quantitative estimate of drug-likeness (QED) is 0.279. The zero-order valence-corrected chi connectivity index (χ0v) is 20.0. The molecule has 0 radical (unpaired) electrons. The van der Waals surface area contributed by atoms with E-state index in [9.17, 15) is 17.6 Å². The first-order valence-electron chi connectivity index (χ1n) is 10.5. The van der Waals surface area contributed by atoms with E-state index in [0.717, 1.165) is 17.7 Å².